The Morgan fingerprint density at radius 3 is 2.36 bits per heavy atom. The van der Waals surface area contributed by atoms with Gasteiger partial charge >= 0.3 is 0 Å². The van der Waals surface area contributed by atoms with E-state index in [9.17, 15) is 9.59 Å². The molecule has 1 aliphatic heterocycles. The van der Waals surface area contributed by atoms with Crippen LogP contribution in [0.5, 0.6) is 0 Å². The molecular formula is C23H21N3O2. The van der Waals surface area contributed by atoms with Gasteiger partial charge in [-0.2, -0.15) is 0 Å². The van der Waals surface area contributed by atoms with Crippen molar-refractivity contribution < 1.29 is 9.59 Å². The second-order valence-electron chi connectivity index (χ2n) is 7.38. The third kappa shape index (κ3) is 2.62. The van der Waals surface area contributed by atoms with Gasteiger partial charge in [-0.05, 0) is 37.0 Å². The molecule has 1 aliphatic rings. The third-order valence-corrected chi connectivity index (χ3v) is 5.77. The standard InChI is InChI=1S/C23H21N3O2/c27-22(18-14-25-20-10-4-2-8-16(18)20)23(28)26-12-6-5-11-21(26)17-13-24-19-9-3-1-7-15(17)19/h1-4,7-10,13-14,21,24-25H,5-6,11-12H2. The SMILES string of the molecule is O=C(C(=O)N1CCCCC1c1c[nH]c2ccccc12)c1c[nH]c2ccccc12. The van der Waals surface area contributed by atoms with Gasteiger partial charge in [-0.1, -0.05) is 36.4 Å². The predicted octanol–water partition coefficient (Wildman–Crippen LogP) is 4.59. The summed E-state index contributed by atoms with van der Waals surface area (Å²) in [6.45, 7) is 0.608. The maximum atomic E-state index is 13.2. The Kier molecular flexibility index (Phi) is 4.01. The fraction of sp³-hybridized carbons (Fsp3) is 0.217. The number of likely N-dealkylation sites (tertiary alicyclic amines) is 1. The molecular weight excluding hydrogens is 350 g/mol. The van der Waals surface area contributed by atoms with Crippen molar-refractivity contribution in [3.8, 4) is 0 Å². The van der Waals surface area contributed by atoms with Gasteiger partial charge in [-0.25, -0.2) is 0 Å². The molecule has 1 amide bonds. The van der Waals surface area contributed by atoms with E-state index in [0.717, 1.165) is 46.6 Å². The number of amides is 1. The normalized spacial score (nSPS) is 17.3. The highest BCUT2D eigenvalue weighted by Gasteiger charge is 2.34. The minimum atomic E-state index is -0.441. The van der Waals surface area contributed by atoms with Crippen LogP contribution in [0.4, 0.5) is 0 Å². The highest BCUT2D eigenvalue weighted by atomic mass is 16.2. The van der Waals surface area contributed by atoms with Crippen molar-refractivity contribution in [2.45, 2.75) is 25.3 Å². The van der Waals surface area contributed by atoms with Gasteiger partial charge in [0, 0.05) is 40.7 Å². The summed E-state index contributed by atoms with van der Waals surface area (Å²) in [7, 11) is 0. The fourth-order valence-corrected chi connectivity index (χ4v) is 4.37. The van der Waals surface area contributed by atoms with E-state index in [1.54, 1.807) is 11.1 Å². The van der Waals surface area contributed by atoms with Crippen LogP contribution in [0.3, 0.4) is 0 Å². The number of hydrogen-bond acceptors (Lipinski definition) is 2. The second kappa shape index (κ2) is 6.68. The average molecular weight is 371 g/mol. The number of carbonyl (C=O) groups excluding carboxylic acids is 2. The molecule has 0 saturated carbocycles. The van der Waals surface area contributed by atoms with Crippen molar-refractivity contribution in [2.24, 2.45) is 0 Å². The first-order chi connectivity index (χ1) is 13.7. The number of aromatic amines is 2. The highest BCUT2D eigenvalue weighted by Crippen LogP contribution is 2.35. The predicted molar refractivity (Wildman–Crippen MR) is 109 cm³/mol. The maximum absolute atomic E-state index is 13.2. The average Bonchev–Trinajstić information content (AvgIpc) is 3.37. The van der Waals surface area contributed by atoms with E-state index in [1.807, 2.05) is 48.7 Å². The van der Waals surface area contributed by atoms with Crippen molar-refractivity contribution in [1.29, 1.82) is 0 Å². The molecule has 1 unspecified atom stereocenters. The zero-order valence-corrected chi connectivity index (χ0v) is 15.4. The Balaban J connectivity index is 1.51. The van der Waals surface area contributed by atoms with E-state index in [-0.39, 0.29) is 6.04 Å². The molecule has 2 aromatic heterocycles. The van der Waals surface area contributed by atoms with Gasteiger partial charge in [0.2, 0.25) is 0 Å². The lowest BCUT2D eigenvalue weighted by atomic mass is 9.94. The van der Waals surface area contributed by atoms with Crippen LogP contribution >= 0.6 is 0 Å². The largest absolute Gasteiger partial charge is 0.361 e. The molecule has 2 aromatic carbocycles. The zero-order chi connectivity index (χ0) is 19.1. The lowest BCUT2D eigenvalue weighted by Gasteiger charge is -2.35. The van der Waals surface area contributed by atoms with Crippen LogP contribution in [0.25, 0.3) is 21.8 Å². The van der Waals surface area contributed by atoms with E-state index >= 15 is 0 Å². The van der Waals surface area contributed by atoms with Gasteiger partial charge < -0.3 is 14.9 Å². The van der Waals surface area contributed by atoms with Gasteiger partial charge in [-0.15, -0.1) is 0 Å². The van der Waals surface area contributed by atoms with E-state index in [4.69, 9.17) is 0 Å². The molecule has 1 saturated heterocycles. The Morgan fingerprint density at radius 1 is 0.857 bits per heavy atom. The van der Waals surface area contributed by atoms with E-state index < -0.39 is 11.7 Å². The van der Waals surface area contributed by atoms with E-state index in [0.29, 0.717) is 12.1 Å². The van der Waals surface area contributed by atoms with Crippen molar-refractivity contribution >= 4 is 33.5 Å². The number of carbonyl (C=O) groups is 2. The van der Waals surface area contributed by atoms with Gasteiger partial charge in [0.1, 0.15) is 0 Å². The van der Waals surface area contributed by atoms with Crippen molar-refractivity contribution in [2.75, 3.05) is 6.54 Å². The lowest BCUT2D eigenvalue weighted by molar-refractivity contribution is -0.130. The number of fused-ring (bicyclic) bond motifs is 2. The number of hydrogen-bond donors (Lipinski definition) is 2. The number of aromatic nitrogens is 2. The van der Waals surface area contributed by atoms with Crippen LogP contribution in [0.2, 0.25) is 0 Å². The number of benzene rings is 2. The number of rotatable bonds is 3. The van der Waals surface area contributed by atoms with Crippen LogP contribution in [0.15, 0.2) is 60.9 Å². The molecule has 28 heavy (non-hydrogen) atoms. The number of H-pyrrole nitrogens is 2. The van der Waals surface area contributed by atoms with Crippen molar-refractivity contribution in [3.63, 3.8) is 0 Å². The van der Waals surface area contributed by atoms with Crippen molar-refractivity contribution in [1.82, 2.24) is 14.9 Å². The molecule has 4 aromatic rings. The summed E-state index contributed by atoms with van der Waals surface area (Å²) in [5.74, 6) is -0.857. The number of Topliss-reactive ketones (excluding diaryl/α,β-unsaturated/α-hetero) is 1. The summed E-state index contributed by atoms with van der Waals surface area (Å²) < 4.78 is 0. The van der Waals surface area contributed by atoms with Crippen LogP contribution in [0.1, 0.15) is 41.2 Å². The van der Waals surface area contributed by atoms with Gasteiger partial charge in [0.05, 0.1) is 11.6 Å². The molecule has 5 nitrogen and oxygen atoms in total. The van der Waals surface area contributed by atoms with Crippen LogP contribution in [0, 0.1) is 0 Å². The van der Waals surface area contributed by atoms with Crippen LogP contribution in [-0.4, -0.2) is 33.1 Å². The third-order valence-electron chi connectivity index (χ3n) is 5.77. The zero-order valence-electron chi connectivity index (χ0n) is 15.4. The first-order valence-corrected chi connectivity index (χ1v) is 9.71. The van der Waals surface area contributed by atoms with E-state index in [2.05, 4.69) is 16.0 Å². The van der Waals surface area contributed by atoms with Crippen molar-refractivity contribution in [3.05, 3.63) is 72.1 Å². The molecule has 0 spiro atoms. The minimum Gasteiger partial charge on any atom is -0.361 e. The molecule has 5 heteroatoms. The first-order valence-electron chi connectivity index (χ1n) is 9.71. The smallest absolute Gasteiger partial charge is 0.295 e. The molecule has 1 atom stereocenters. The van der Waals surface area contributed by atoms with Gasteiger partial charge in [0.25, 0.3) is 11.7 Å². The fourth-order valence-electron chi connectivity index (χ4n) is 4.37. The molecule has 140 valence electrons. The Hall–Kier alpha value is -3.34. The summed E-state index contributed by atoms with van der Waals surface area (Å²) in [5, 5.41) is 1.91. The number of nitrogens with zero attached hydrogens (tertiary/aromatic N) is 1. The Labute approximate surface area is 162 Å². The number of piperidine rings is 1. The topological polar surface area (TPSA) is 69.0 Å². The molecule has 0 aliphatic carbocycles. The molecule has 1 fully saturated rings. The molecule has 0 bridgehead atoms. The van der Waals surface area contributed by atoms with E-state index in [1.165, 1.54) is 0 Å². The van der Waals surface area contributed by atoms with Crippen LogP contribution < -0.4 is 0 Å². The van der Waals surface area contributed by atoms with Gasteiger partial charge in [-0.3, -0.25) is 9.59 Å². The summed E-state index contributed by atoms with van der Waals surface area (Å²) in [6, 6.07) is 15.6. The van der Waals surface area contributed by atoms with Crippen LogP contribution in [-0.2, 0) is 4.79 Å². The summed E-state index contributed by atoms with van der Waals surface area (Å²) >= 11 is 0. The summed E-state index contributed by atoms with van der Waals surface area (Å²) in [6.07, 6.45) is 6.47. The maximum Gasteiger partial charge on any atom is 0.295 e. The summed E-state index contributed by atoms with van der Waals surface area (Å²) in [5.41, 5.74) is 3.46. The minimum absolute atomic E-state index is 0.0773. The molecule has 5 rings (SSSR count). The monoisotopic (exact) mass is 371 g/mol. The number of ketones is 1. The molecule has 0 radical (unpaired) electrons. The summed E-state index contributed by atoms with van der Waals surface area (Å²) in [4.78, 5) is 34.5. The first kappa shape index (κ1) is 16.8. The Bertz CT molecular complexity index is 1190. The van der Waals surface area contributed by atoms with Gasteiger partial charge in [0.15, 0.2) is 0 Å². The lowest BCUT2D eigenvalue weighted by Crippen LogP contribution is -2.42. The highest BCUT2D eigenvalue weighted by molar-refractivity contribution is 6.45. The number of nitrogens with one attached hydrogen (secondary N) is 2. The molecule has 3 heterocycles. The quantitative estimate of drug-likeness (QED) is 0.409. The molecule has 2 N–H and O–H groups in total. The second-order valence-corrected chi connectivity index (χ2v) is 7.38. The number of para-hydroxylation sites is 2. The Morgan fingerprint density at radius 2 is 1.54 bits per heavy atom.